The number of phenols is 1. The number of likely N-dealkylation sites (tertiary alicyclic amines) is 1. The van der Waals surface area contributed by atoms with Crippen molar-refractivity contribution < 1.29 is 33.0 Å². The maximum atomic E-state index is 17.2. The molecule has 3 unspecified atom stereocenters. The van der Waals surface area contributed by atoms with E-state index in [4.69, 9.17) is 49.1 Å². The Labute approximate surface area is 510 Å². The first kappa shape index (κ1) is 59.0. The van der Waals surface area contributed by atoms with E-state index in [2.05, 4.69) is 68.1 Å². The highest BCUT2D eigenvalue weighted by Gasteiger charge is 2.62. The number of amides is 2. The number of piperazine rings is 1. The first-order chi connectivity index (χ1) is 41.5. The number of fused-ring (bicyclic) bond motifs is 6. The minimum absolute atomic E-state index is 0.0244. The van der Waals surface area contributed by atoms with Crippen molar-refractivity contribution in [2.45, 2.75) is 120 Å². The van der Waals surface area contributed by atoms with Crippen LogP contribution in [0.5, 0.6) is 17.5 Å². The molecule has 5 aromatic carbocycles. The van der Waals surface area contributed by atoms with Gasteiger partial charge in [-0.2, -0.15) is 9.97 Å². The summed E-state index contributed by atoms with van der Waals surface area (Å²) in [5.41, 5.74) is 3.02. The molecule has 2 bridgehead atoms. The van der Waals surface area contributed by atoms with Crippen molar-refractivity contribution in [3.63, 3.8) is 0 Å². The zero-order valence-corrected chi connectivity index (χ0v) is 50.4. The molecule has 7 heterocycles. The SMILES string of the molecule is C#Cc1cccc2cc(O)cc(-c3ncc4c(N5C[C@H]6CC[C@@H](C5)N6)nc(OC[C@@H]5CCCN5CCCCCCNC(=O)c5ccc(NC(=O)C6N[C@H](CC(C)(C)C)C7(CNc8cc(Cl)ccc87)C6c6cccc(Cl)c6F)c(OC)c5)nc4c3F)c12. The molecule has 0 radical (unpaired) electrons. The third-order valence-corrected chi connectivity index (χ3v) is 18.7. The lowest BCUT2D eigenvalue weighted by molar-refractivity contribution is -0.118. The number of carbonyl (C=O) groups is 2. The third-order valence-electron chi connectivity index (χ3n) is 18.2. The minimum Gasteiger partial charge on any atom is -0.508 e. The van der Waals surface area contributed by atoms with E-state index in [1.165, 1.54) is 19.2 Å². The number of ether oxygens (including phenoxy) is 2. The fourth-order valence-electron chi connectivity index (χ4n) is 14.3. The second-order valence-corrected chi connectivity index (χ2v) is 25.8. The molecule has 4 fully saturated rings. The van der Waals surface area contributed by atoms with Crippen LogP contribution in [-0.4, -0.2) is 120 Å². The van der Waals surface area contributed by atoms with Crippen LogP contribution in [0.4, 0.5) is 26.0 Å². The van der Waals surface area contributed by atoms with Crippen molar-refractivity contribution in [3.05, 3.63) is 135 Å². The lowest BCUT2D eigenvalue weighted by Crippen LogP contribution is -2.51. The van der Waals surface area contributed by atoms with Gasteiger partial charge >= 0.3 is 6.01 Å². The van der Waals surface area contributed by atoms with Crippen molar-refractivity contribution in [2.75, 3.05) is 68.5 Å². The predicted molar refractivity (Wildman–Crippen MR) is 335 cm³/mol. The van der Waals surface area contributed by atoms with Gasteiger partial charge in [0.05, 0.1) is 29.2 Å². The fraction of sp³-hybridized carbons (Fsp3) is 0.418. The highest BCUT2D eigenvalue weighted by Crippen LogP contribution is 2.57. The van der Waals surface area contributed by atoms with Gasteiger partial charge < -0.3 is 46.1 Å². The number of unbranched alkanes of at least 4 members (excludes halogenated alkanes) is 3. The topological polar surface area (TPSA) is 178 Å². The van der Waals surface area contributed by atoms with E-state index in [1.807, 2.05) is 24.3 Å². The van der Waals surface area contributed by atoms with Gasteiger partial charge in [-0.3, -0.25) is 19.5 Å². The normalized spacial score (nSPS) is 22.5. The Balaban J connectivity index is 0.663. The summed E-state index contributed by atoms with van der Waals surface area (Å²) in [7, 11) is 1.49. The largest absolute Gasteiger partial charge is 0.508 e. The van der Waals surface area contributed by atoms with Gasteiger partial charge in [0.25, 0.3) is 5.91 Å². The molecule has 7 aromatic rings. The minimum atomic E-state index is -0.895. The van der Waals surface area contributed by atoms with Crippen molar-refractivity contribution in [3.8, 4) is 41.1 Å². The maximum Gasteiger partial charge on any atom is 0.319 e. The van der Waals surface area contributed by atoms with E-state index in [0.29, 0.717) is 112 Å². The lowest BCUT2D eigenvalue weighted by Gasteiger charge is -2.39. The van der Waals surface area contributed by atoms with Crippen LogP contribution in [-0.2, 0) is 10.2 Å². The third kappa shape index (κ3) is 11.6. The molecule has 7 atom stereocenters. The van der Waals surface area contributed by atoms with Crippen molar-refractivity contribution in [2.24, 2.45) is 5.41 Å². The first-order valence-electron chi connectivity index (χ1n) is 30.0. The van der Waals surface area contributed by atoms with Gasteiger partial charge in [0.1, 0.15) is 41.0 Å². The lowest BCUT2D eigenvalue weighted by atomic mass is 9.63. The molecule has 2 aromatic heterocycles. The van der Waals surface area contributed by atoms with Crippen molar-refractivity contribution >= 4 is 73.9 Å². The number of phenolic OH excluding ortho intramolecular Hbond substituents is 1. The molecule has 5 aliphatic heterocycles. The number of hydrogen-bond acceptors (Lipinski definition) is 13. The van der Waals surface area contributed by atoms with Crippen molar-refractivity contribution in [1.82, 2.24) is 35.8 Å². The van der Waals surface area contributed by atoms with Gasteiger partial charge in [-0.25, -0.2) is 8.78 Å². The average molecular weight is 1210 g/mol. The summed E-state index contributed by atoms with van der Waals surface area (Å²) in [5.74, 6) is 1.03. The number of aromatic hydroxyl groups is 1. The number of carbonyl (C=O) groups excluding carboxylic acids is 2. The number of nitrogens with zero attached hydrogens (tertiary/aromatic N) is 5. The van der Waals surface area contributed by atoms with Gasteiger partial charge in [0.2, 0.25) is 5.91 Å². The molecule has 5 aliphatic rings. The number of terminal acetylenes is 1. The van der Waals surface area contributed by atoms with Crippen LogP contribution in [0.1, 0.15) is 112 Å². The smallest absolute Gasteiger partial charge is 0.319 e. The Hall–Kier alpha value is -7.33. The molecule has 15 nitrogen and oxygen atoms in total. The van der Waals surface area contributed by atoms with Gasteiger partial charge in [-0.1, -0.05) is 93.1 Å². The molecule has 1 spiro atoms. The molecule has 12 rings (SSSR count). The molecular weight excluding hydrogens is 1130 g/mol. The Morgan fingerprint density at radius 1 is 0.930 bits per heavy atom. The number of pyridine rings is 1. The predicted octanol–water partition coefficient (Wildman–Crippen LogP) is 11.8. The van der Waals surface area contributed by atoms with E-state index in [-0.39, 0.29) is 57.3 Å². The second-order valence-electron chi connectivity index (χ2n) is 25.0. The Bertz CT molecular complexity index is 3790. The molecule has 6 N–H and O–H groups in total. The molecule has 4 saturated heterocycles. The number of halogens is 4. The Morgan fingerprint density at radius 3 is 2.52 bits per heavy atom. The first-order valence-corrected chi connectivity index (χ1v) is 30.7. The number of aromatic nitrogens is 3. The summed E-state index contributed by atoms with van der Waals surface area (Å²) in [6, 6.07) is 23.8. The van der Waals surface area contributed by atoms with E-state index in [1.54, 1.807) is 54.7 Å². The Kier molecular flexibility index (Phi) is 16.8. The summed E-state index contributed by atoms with van der Waals surface area (Å²) in [6.45, 7) is 11.0. The number of nitrogens with one attached hydrogen (secondary N) is 5. The molecule has 2 amide bonds. The van der Waals surface area contributed by atoms with Crippen LogP contribution in [0.3, 0.4) is 0 Å². The van der Waals surface area contributed by atoms with Crippen LogP contribution in [0.2, 0.25) is 10.0 Å². The van der Waals surface area contributed by atoms with E-state index < -0.39 is 29.0 Å². The number of benzene rings is 5. The summed E-state index contributed by atoms with van der Waals surface area (Å²) in [5, 5.41) is 30.1. The van der Waals surface area contributed by atoms with E-state index in [9.17, 15) is 14.7 Å². The standard InChI is InChI=1S/C67H72Cl2F2N10O5/c1-6-38-14-11-15-39-28-45(82)31-47(55(38)39)59-58(71)60-48(33-73-59)62(81-34-42-21-22-43(35-81)75-42)79-65(78-60)86-36-44-16-13-27-80(44)26-10-8-7-9-25-72-63(83)40-19-24-51(53(29-40)85-5)76-64(84)61-56(46-17-12-18-50(69)57(46)70)67(54(77-61)32-66(2,3)4)37-74-52-30-41(68)20-23-49(52)67/h1,11-12,14-15,17-20,23-24,28-31,33,42-44,54,56,61,74-75,77,82H,7-10,13,16,21-22,25-27,32,34-37H2,2-5H3,(H,72,83)(H,76,84)/t42-,43+,44-,54+,56?,61?,67?/m0/s1. The zero-order chi connectivity index (χ0) is 60.0. The van der Waals surface area contributed by atoms with Crippen LogP contribution in [0.25, 0.3) is 32.9 Å². The summed E-state index contributed by atoms with van der Waals surface area (Å²) in [6.07, 6.45) is 15.9. The maximum absolute atomic E-state index is 17.2. The monoisotopic (exact) mass is 1200 g/mol. The van der Waals surface area contributed by atoms with E-state index >= 15 is 8.78 Å². The van der Waals surface area contributed by atoms with Crippen LogP contribution in [0, 0.1) is 29.4 Å². The highest BCUT2D eigenvalue weighted by atomic mass is 35.5. The molecule has 0 aliphatic carbocycles. The zero-order valence-electron chi connectivity index (χ0n) is 48.8. The molecule has 86 heavy (non-hydrogen) atoms. The second kappa shape index (κ2) is 24.4. The number of hydrogen-bond donors (Lipinski definition) is 6. The number of methoxy groups -OCH3 is 1. The van der Waals surface area contributed by atoms with Gasteiger partial charge in [-0.05, 0) is 135 Å². The van der Waals surface area contributed by atoms with Crippen LogP contribution < -0.4 is 41.0 Å². The van der Waals surface area contributed by atoms with Crippen LogP contribution >= 0.6 is 23.2 Å². The van der Waals surface area contributed by atoms with Gasteiger partial charge in [0, 0.05) is 101 Å². The summed E-state index contributed by atoms with van der Waals surface area (Å²) in [4.78, 5) is 47.3. The van der Waals surface area contributed by atoms with Crippen LogP contribution in [0.15, 0.2) is 91.1 Å². The molecule has 448 valence electrons. The molecule has 19 heteroatoms. The number of rotatable bonds is 18. The average Bonchev–Trinajstić information content (AvgIpc) is 1.66. The van der Waals surface area contributed by atoms with E-state index in [0.717, 1.165) is 75.7 Å². The fourth-order valence-corrected chi connectivity index (χ4v) is 14.6. The molecular formula is C67H72Cl2F2N10O5. The van der Waals surface area contributed by atoms with Crippen molar-refractivity contribution in [1.29, 1.82) is 0 Å². The Morgan fingerprint density at radius 2 is 1.73 bits per heavy atom. The highest BCUT2D eigenvalue weighted by molar-refractivity contribution is 6.31. The summed E-state index contributed by atoms with van der Waals surface area (Å²) >= 11 is 12.9. The number of anilines is 3. The molecule has 0 saturated carbocycles. The quantitative estimate of drug-likeness (QED) is 0.0354. The van der Waals surface area contributed by atoms with Gasteiger partial charge in [0.15, 0.2) is 5.82 Å². The van der Waals surface area contributed by atoms with Gasteiger partial charge in [-0.15, -0.1) is 6.42 Å². The summed E-state index contributed by atoms with van der Waals surface area (Å²) < 4.78 is 45.8.